The van der Waals surface area contributed by atoms with Gasteiger partial charge in [0.15, 0.2) is 0 Å². The Labute approximate surface area is 163 Å². The summed E-state index contributed by atoms with van der Waals surface area (Å²) in [5.41, 5.74) is 0.318. The van der Waals surface area contributed by atoms with E-state index in [0.29, 0.717) is 24.9 Å². The molecule has 146 valence electrons. The molecule has 2 heterocycles. The van der Waals surface area contributed by atoms with Gasteiger partial charge >= 0.3 is 5.97 Å². The van der Waals surface area contributed by atoms with Gasteiger partial charge in [0.2, 0.25) is 5.91 Å². The minimum Gasteiger partial charge on any atom is -0.481 e. The van der Waals surface area contributed by atoms with E-state index in [0.717, 1.165) is 5.56 Å². The predicted octanol–water partition coefficient (Wildman–Crippen LogP) is 1.75. The number of hydrogen-bond acceptors (Lipinski definition) is 4. The van der Waals surface area contributed by atoms with E-state index in [-0.39, 0.29) is 18.4 Å². The number of benzene rings is 1. The number of aliphatic carboxylic acids is 1. The largest absolute Gasteiger partial charge is 0.481 e. The first-order valence-corrected chi connectivity index (χ1v) is 9.16. The van der Waals surface area contributed by atoms with Crippen LogP contribution in [-0.4, -0.2) is 51.9 Å². The normalized spacial score (nSPS) is 19.8. The Morgan fingerprint density at radius 3 is 2.57 bits per heavy atom. The molecule has 3 rings (SSSR count). The first kappa shape index (κ1) is 19.5. The van der Waals surface area contributed by atoms with E-state index < -0.39 is 17.4 Å². The maximum Gasteiger partial charge on any atom is 0.311 e. The van der Waals surface area contributed by atoms with E-state index in [1.54, 1.807) is 25.3 Å². The van der Waals surface area contributed by atoms with Crippen LogP contribution in [0.15, 0.2) is 54.9 Å². The second-order valence-electron chi connectivity index (χ2n) is 7.33. The fourth-order valence-electron chi connectivity index (χ4n) is 3.33. The molecule has 0 radical (unpaired) electrons. The molecule has 28 heavy (non-hydrogen) atoms. The summed E-state index contributed by atoms with van der Waals surface area (Å²) in [4.78, 5) is 42.7. The van der Waals surface area contributed by atoms with Gasteiger partial charge in [-0.3, -0.25) is 19.4 Å². The van der Waals surface area contributed by atoms with E-state index in [4.69, 9.17) is 0 Å². The molecule has 1 aromatic carbocycles. The molecule has 1 aliphatic heterocycles. The fourth-order valence-corrected chi connectivity index (χ4v) is 3.33. The SMILES string of the molecule is CC1(C(=O)O)CCN(C(=O)C(Cc2ccccc2)NC(=O)c2cccnc2)C1. The molecule has 2 aromatic rings. The lowest BCUT2D eigenvalue weighted by Gasteiger charge is -2.26. The molecule has 0 spiro atoms. The van der Waals surface area contributed by atoms with Crippen molar-refractivity contribution < 1.29 is 19.5 Å². The topological polar surface area (TPSA) is 99.6 Å². The smallest absolute Gasteiger partial charge is 0.311 e. The van der Waals surface area contributed by atoms with Gasteiger partial charge in [-0.05, 0) is 31.0 Å². The summed E-state index contributed by atoms with van der Waals surface area (Å²) in [6.45, 7) is 2.13. The van der Waals surface area contributed by atoms with Crippen molar-refractivity contribution in [2.24, 2.45) is 5.41 Å². The maximum atomic E-state index is 13.1. The van der Waals surface area contributed by atoms with Crippen molar-refractivity contribution in [1.29, 1.82) is 0 Å². The standard InChI is InChI=1S/C21H23N3O4/c1-21(20(27)28)9-11-24(14-21)19(26)17(12-15-6-3-2-4-7-15)23-18(25)16-8-5-10-22-13-16/h2-8,10,13,17H,9,11-12,14H2,1H3,(H,23,25)(H,27,28). The Kier molecular flexibility index (Phi) is 5.73. The van der Waals surface area contributed by atoms with Crippen LogP contribution in [0.2, 0.25) is 0 Å². The molecule has 1 fully saturated rings. The molecule has 7 heteroatoms. The van der Waals surface area contributed by atoms with Gasteiger partial charge in [-0.15, -0.1) is 0 Å². The number of hydrogen-bond donors (Lipinski definition) is 2. The summed E-state index contributed by atoms with van der Waals surface area (Å²) in [7, 11) is 0. The highest BCUT2D eigenvalue weighted by atomic mass is 16.4. The highest BCUT2D eigenvalue weighted by molar-refractivity contribution is 5.97. The fraction of sp³-hybridized carbons (Fsp3) is 0.333. The average Bonchev–Trinajstić information content (AvgIpc) is 3.12. The van der Waals surface area contributed by atoms with Crippen molar-refractivity contribution >= 4 is 17.8 Å². The third-order valence-electron chi connectivity index (χ3n) is 5.11. The van der Waals surface area contributed by atoms with Gasteiger partial charge in [-0.2, -0.15) is 0 Å². The number of nitrogens with zero attached hydrogens (tertiary/aromatic N) is 2. The summed E-state index contributed by atoms with van der Waals surface area (Å²) < 4.78 is 0. The van der Waals surface area contributed by atoms with Crippen LogP contribution in [-0.2, 0) is 16.0 Å². The zero-order valence-electron chi connectivity index (χ0n) is 15.7. The van der Waals surface area contributed by atoms with Crippen LogP contribution < -0.4 is 5.32 Å². The molecular weight excluding hydrogens is 358 g/mol. The summed E-state index contributed by atoms with van der Waals surface area (Å²) in [6.07, 6.45) is 3.73. The van der Waals surface area contributed by atoms with E-state index >= 15 is 0 Å². The molecule has 7 nitrogen and oxygen atoms in total. The Balaban J connectivity index is 1.78. The number of aromatic nitrogens is 1. The molecule has 0 saturated carbocycles. The van der Waals surface area contributed by atoms with Crippen LogP contribution in [0.3, 0.4) is 0 Å². The lowest BCUT2D eigenvalue weighted by Crippen LogP contribution is -2.49. The molecule has 1 aromatic heterocycles. The lowest BCUT2D eigenvalue weighted by atomic mass is 9.90. The number of carboxylic acids is 1. The number of carboxylic acid groups (broad SMARTS) is 1. The number of carbonyl (C=O) groups excluding carboxylic acids is 2. The van der Waals surface area contributed by atoms with Crippen molar-refractivity contribution in [3.05, 3.63) is 66.0 Å². The molecule has 2 unspecified atom stereocenters. The third-order valence-corrected chi connectivity index (χ3v) is 5.11. The van der Waals surface area contributed by atoms with Crippen molar-refractivity contribution in [2.45, 2.75) is 25.8 Å². The van der Waals surface area contributed by atoms with Gasteiger partial charge in [0.1, 0.15) is 6.04 Å². The van der Waals surface area contributed by atoms with Gasteiger partial charge in [-0.1, -0.05) is 30.3 Å². The first-order chi connectivity index (χ1) is 13.4. The molecule has 2 amide bonds. The highest BCUT2D eigenvalue weighted by Crippen LogP contribution is 2.30. The number of nitrogens with one attached hydrogen (secondary N) is 1. The van der Waals surface area contributed by atoms with Gasteiger partial charge in [-0.25, -0.2) is 0 Å². The molecule has 1 saturated heterocycles. The van der Waals surface area contributed by atoms with Crippen LogP contribution in [0.4, 0.5) is 0 Å². The molecule has 2 N–H and O–H groups in total. The molecule has 0 aliphatic carbocycles. The lowest BCUT2D eigenvalue weighted by molar-refractivity contribution is -0.147. The van der Waals surface area contributed by atoms with E-state index in [1.807, 2.05) is 30.3 Å². The van der Waals surface area contributed by atoms with Crippen LogP contribution in [0.1, 0.15) is 29.3 Å². The minimum absolute atomic E-state index is 0.134. The van der Waals surface area contributed by atoms with Crippen LogP contribution in [0.25, 0.3) is 0 Å². The Bertz CT molecular complexity index is 856. The zero-order valence-corrected chi connectivity index (χ0v) is 15.7. The van der Waals surface area contributed by atoms with E-state index in [9.17, 15) is 19.5 Å². The first-order valence-electron chi connectivity index (χ1n) is 9.16. The average molecular weight is 381 g/mol. The quantitative estimate of drug-likeness (QED) is 0.794. The minimum atomic E-state index is -0.958. The summed E-state index contributed by atoms with van der Waals surface area (Å²) in [5, 5.41) is 12.2. The highest BCUT2D eigenvalue weighted by Gasteiger charge is 2.43. The van der Waals surface area contributed by atoms with Crippen molar-refractivity contribution in [2.75, 3.05) is 13.1 Å². The summed E-state index contributed by atoms with van der Waals surface area (Å²) in [6, 6.07) is 11.9. The second-order valence-corrected chi connectivity index (χ2v) is 7.33. The van der Waals surface area contributed by atoms with Crippen molar-refractivity contribution in [3.63, 3.8) is 0 Å². The number of rotatable bonds is 6. The van der Waals surface area contributed by atoms with Crippen molar-refractivity contribution in [3.8, 4) is 0 Å². The van der Waals surface area contributed by atoms with Gasteiger partial charge < -0.3 is 15.3 Å². The Morgan fingerprint density at radius 1 is 1.21 bits per heavy atom. The number of likely N-dealkylation sites (tertiary alicyclic amines) is 1. The zero-order chi connectivity index (χ0) is 20.1. The Hall–Kier alpha value is -3.22. The van der Waals surface area contributed by atoms with Crippen LogP contribution >= 0.6 is 0 Å². The van der Waals surface area contributed by atoms with Gasteiger partial charge in [0, 0.05) is 31.9 Å². The predicted molar refractivity (Wildman–Crippen MR) is 103 cm³/mol. The van der Waals surface area contributed by atoms with Gasteiger partial charge in [0.05, 0.1) is 11.0 Å². The number of carbonyl (C=O) groups is 3. The van der Waals surface area contributed by atoms with Crippen LogP contribution in [0.5, 0.6) is 0 Å². The van der Waals surface area contributed by atoms with E-state index in [2.05, 4.69) is 10.3 Å². The summed E-state index contributed by atoms with van der Waals surface area (Å²) in [5.74, 6) is -1.57. The maximum absolute atomic E-state index is 13.1. The molecular formula is C21H23N3O4. The second kappa shape index (κ2) is 8.21. The monoisotopic (exact) mass is 381 g/mol. The van der Waals surface area contributed by atoms with Gasteiger partial charge in [0.25, 0.3) is 5.91 Å². The molecule has 1 aliphatic rings. The molecule has 2 atom stereocenters. The summed E-state index contributed by atoms with van der Waals surface area (Å²) >= 11 is 0. The number of pyridine rings is 1. The molecule has 0 bridgehead atoms. The van der Waals surface area contributed by atoms with E-state index in [1.165, 1.54) is 11.1 Å². The Morgan fingerprint density at radius 2 is 1.96 bits per heavy atom. The third kappa shape index (κ3) is 4.36. The van der Waals surface area contributed by atoms with Crippen molar-refractivity contribution in [1.82, 2.24) is 15.2 Å². The van der Waals surface area contributed by atoms with Crippen LogP contribution in [0, 0.1) is 5.41 Å². The number of amides is 2.